The van der Waals surface area contributed by atoms with E-state index in [1.165, 1.54) is 3.57 Å². The third-order valence-corrected chi connectivity index (χ3v) is 3.40. The maximum atomic E-state index is 11.7. The van der Waals surface area contributed by atoms with Crippen LogP contribution in [0.4, 0.5) is 5.69 Å². The van der Waals surface area contributed by atoms with Crippen molar-refractivity contribution >= 4 is 34.2 Å². The van der Waals surface area contributed by atoms with Crippen LogP contribution in [-0.2, 0) is 4.79 Å². The highest BCUT2D eigenvalue weighted by molar-refractivity contribution is 14.1. The average Bonchev–Trinajstić information content (AvgIpc) is 2.29. The molecule has 0 saturated carbocycles. The van der Waals surface area contributed by atoms with E-state index in [9.17, 15) is 4.79 Å². The number of anilines is 1. The van der Waals surface area contributed by atoms with E-state index in [1.807, 2.05) is 19.1 Å². The van der Waals surface area contributed by atoms with Gasteiger partial charge in [0, 0.05) is 15.7 Å². The van der Waals surface area contributed by atoms with E-state index in [0.717, 1.165) is 17.7 Å². The SMILES string of the molecule is Cc1cc(I)ccc1NC(=O)CCC(C)CN. The first-order chi connectivity index (χ1) is 8.02. The van der Waals surface area contributed by atoms with Crippen LogP contribution >= 0.6 is 22.6 Å². The van der Waals surface area contributed by atoms with Gasteiger partial charge in [-0.25, -0.2) is 0 Å². The van der Waals surface area contributed by atoms with E-state index in [4.69, 9.17) is 5.73 Å². The van der Waals surface area contributed by atoms with Crippen molar-refractivity contribution in [2.45, 2.75) is 26.7 Å². The van der Waals surface area contributed by atoms with Crippen LogP contribution in [0.15, 0.2) is 18.2 Å². The summed E-state index contributed by atoms with van der Waals surface area (Å²) in [5.41, 5.74) is 7.51. The Morgan fingerprint density at radius 1 is 1.53 bits per heavy atom. The standard InChI is InChI=1S/C13H19IN2O/c1-9(8-15)3-6-13(17)16-12-5-4-11(14)7-10(12)2/h4-5,7,9H,3,6,8,15H2,1-2H3,(H,16,17). The first kappa shape index (κ1) is 14.4. The van der Waals surface area contributed by atoms with Gasteiger partial charge in [-0.05, 0) is 72.2 Å². The molecule has 0 fully saturated rings. The minimum absolute atomic E-state index is 0.0645. The number of carbonyl (C=O) groups is 1. The Morgan fingerprint density at radius 2 is 2.24 bits per heavy atom. The van der Waals surface area contributed by atoms with Gasteiger partial charge >= 0.3 is 0 Å². The van der Waals surface area contributed by atoms with Crippen molar-refractivity contribution in [3.05, 3.63) is 27.3 Å². The zero-order valence-electron chi connectivity index (χ0n) is 10.3. The molecule has 1 rings (SSSR count). The Labute approximate surface area is 116 Å². The number of carbonyl (C=O) groups excluding carboxylic acids is 1. The second-order valence-electron chi connectivity index (χ2n) is 4.39. The van der Waals surface area contributed by atoms with Crippen molar-refractivity contribution < 1.29 is 4.79 Å². The zero-order chi connectivity index (χ0) is 12.8. The van der Waals surface area contributed by atoms with Crippen LogP contribution in [-0.4, -0.2) is 12.5 Å². The highest BCUT2D eigenvalue weighted by Gasteiger charge is 2.07. The predicted molar refractivity (Wildman–Crippen MR) is 80.0 cm³/mol. The first-order valence-electron chi connectivity index (χ1n) is 5.79. The number of nitrogens with two attached hydrogens (primary N) is 1. The van der Waals surface area contributed by atoms with Gasteiger partial charge in [0.15, 0.2) is 0 Å². The van der Waals surface area contributed by atoms with Gasteiger partial charge in [0.1, 0.15) is 0 Å². The second kappa shape index (κ2) is 6.96. The summed E-state index contributed by atoms with van der Waals surface area (Å²) in [4.78, 5) is 11.7. The molecular weight excluding hydrogens is 327 g/mol. The summed E-state index contributed by atoms with van der Waals surface area (Å²) in [5.74, 6) is 0.466. The molecule has 1 amide bonds. The number of rotatable bonds is 5. The Bertz CT molecular complexity index is 393. The molecule has 0 aliphatic heterocycles. The van der Waals surface area contributed by atoms with Crippen molar-refractivity contribution in [2.24, 2.45) is 11.7 Å². The maximum Gasteiger partial charge on any atom is 0.224 e. The molecule has 0 radical (unpaired) electrons. The highest BCUT2D eigenvalue weighted by atomic mass is 127. The van der Waals surface area contributed by atoms with E-state index < -0.39 is 0 Å². The number of halogens is 1. The van der Waals surface area contributed by atoms with Crippen LogP contribution in [0.2, 0.25) is 0 Å². The predicted octanol–water partition coefficient (Wildman–Crippen LogP) is 2.91. The lowest BCUT2D eigenvalue weighted by Gasteiger charge is -2.10. The van der Waals surface area contributed by atoms with Crippen molar-refractivity contribution in [1.29, 1.82) is 0 Å². The van der Waals surface area contributed by atoms with E-state index in [-0.39, 0.29) is 5.91 Å². The molecule has 0 bridgehead atoms. The van der Waals surface area contributed by atoms with E-state index in [0.29, 0.717) is 18.9 Å². The van der Waals surface area contributed by atoms with Crippen molar-refractivity contribution in [3.8, 4) is 0 Å². The van der Waals surface area contributed by atoms with E-state index >= 15 is 0 Å². The van der Waals surface area contributed by atoms with Gasteiger partial charge in [-0.15, -0.1) is 0 Å². The normalized spacial score (nSPS) is 12.2. The fourth-order valence-electron chi connectivity index (χ4n) is 1.48. The summed E-state index contributed by atoms with van der Waals surface area (Å²) >= 11 is 2.26. The van der Waals surface area contributed by atoms with Crippen LogP contribution < -0.4 is 11.1 Å². The third kappa shape index (κ3) is 5.04. The van der Waals surface area contributed by atoms with Crippen molar-refractivity contribution in [1.82, 2.24) is 0 Å². The number of hydrogen-bond acceptors (Lipinski definition) is 2. The van der Waals surface area contributed by atoms with Gasteiger partial charge in [-0.1, -0.05) is 6.92 Å². The molecule has 3 nitrogen and oxygen atoms in total. The molecule has 0 heterocycles. The van der Waals surface area contributed by atoms with Crippen molar-refractivity contribution in [3.63, 3.8) is 0 Å². The third-order valence-electron chi connectivity index (χ3n) is 2.73. The molecule has 94 valence electrons. The van der Waals surface area contributed by atoms with Gasteiger partial charge in [-0.2, -0.15) is 0 Å². The molecule has 1 atom stereocenters. The fourth-order valence-corrected chi connectivity index (χ4v) is 2.12. The molecule has 17 heavy (non-hydrogen) atoms. The Morgan fingerprint density at radius 3 is 2.82 bits per heavy atom. The van der Waals surface area contributed by atoms with Gasteiger partial charge in [0.25, 0.3) is 0 Å². The molecular formula is C13H19IN2O. The minimum Gasteiger partial charge on any atom is -0.330 e. The lowest BCUT2D eigenvalue weighted by molar-refractivity contribution is -0.116. The van der Waals surface area contributed by atoms with Gasteiger partial charge in [-0.3, -0.25) is 4.79 Å². The molecule has 0 aliphatic carbocycles. The summed E-state index contributed by atoms with van der Waals surface area (Å²) in [6.07, 6.45) is 1.37. The molecule has 4 heteroatoms. The first-order valence-corrected chi connectivity index (χ1v) is 6.87. The molecule has 0 aromatic heterocycles. The van der Waals surface area contributed by atoms with Crippen molar-refractivity contribution in [2.75, 3.05) is 11.9 Å². The van der Waals surface area contributed by atoms with Gasteiger partial charge in [0.2, 0.25) is 5.91 Å². The van der Waals surface area contributed by atoms with Crippen LogP contribution in [0, 0.1) is 16.4 Å². The van der Waals surface area contributed by atoms with E-state index in [1.54, 1.807) is 0 Å². The molecule has 0 aliphatic rings. The summed E-state index contributed by atoms with van der Waals surface area (Å²) in [5, 5.41) is 2.93. The molecule has 1 aromatic carbocycles. The molecule has 3 N–H and O–H groups in total. The summed E-state index contributed by atoms with van der Waals surface area (Å²) in [6, 6.07) is 5.99. The number of nitrogens with one attached hydrogen (secondary N) is 1. The lowest BCUT2D eigenvalue weighted by Crippen LogP contribution is -2.16. The number of hydrogen-bond donors (Lipinski definition) is 2. The lowest BCUT2D eigenvalue weighted by atomic mass is 10.1. The second-order valence-corrected chi connectivity index (χ2v) is 5.63. The van der Waals surface area contributed by atoms with Gasteiger partial charge in [0.05, 0.1) is 0 Å². The zero-order valence-corrected chi connectivity index (χ0v) is 12.5. The summed E-state index contributed by atoms with van der Waals surface area (Å²) in [6.45, 7) is 4.69. The highest BCUT2D eigenvalue weighted by Crippen LogP contribution is 2.18. The average molecular weight is 346 g/mol. The monoisotopic (exact) mass is 346 g/mol. The van der Waals surface area contributed by atoms with Crippen LogP contribution in [0.3, 0.4) is 0 Å². The summed E-state index contributed by atoms with van der Waals surface area (Å²) < 4.78 is 1.18. The van der Waals surface area contributed by atoms with Crippen LogP contribution in [0.1, 0.15) is 25.3 Å². The molecule has 1 aromatic rings. The number of benzene rings is 1. The van der Waals surface area contributed by atoms with Crippen LogP contribution in [0.25, 0.3) is 0 Å². The maximum absolute atomic E-state index is 11.7. The smallest absolute Gasteiger partial charge is 0.224 e. The number of amides is 1. The quantitative estimate of drug-likeness (QED) is 0.806. The Hall–Kier alpha value is -0.620. The fraction of sp³-hybridized carbons (Fsp3) is 0.462. The number of aryl methyl sites for hydroxylation is 1. The molecule has 1 unspecified atom stereocenters. The Balaban J connectivity index is 2.50. The van der Waals surface area contributed by atoms with Crippen LogP contribution in [0.5, 0.6) is 0 Å². The molecule has 0 saturated heterocycles. The summed E-state index contributed by atoms with van der Waals surface area (Å²) in [7, 11) is 0. The molecule has 0 spiro atoms. The van der Waals surface area contributed by atoms with Gasteiger partial charge < -0.3 is 11.1 Å². The largest absolute Gasteiger partial charge is 0.330 e. The Kier molecular flexibility index (Phi) is 5.91. The topological polar surface area (TPSA) is 55.1 Å². The van der Waals surface area contributed by atoms with E-state index in [2.05, 4.69) is 40.9 Å². The minimum atomic E-state index is 0.0645.